The van der Waals surface area contributed by atoms with Crippen LogP contribution in [0.4, 0.5) is 0 Å². The van der Waals surface area contributed by atoms with E-state index in [4.69, 9.17) is 0 Å². The Morgan fingerprint density at radius 3 is 0.741 bits per heavy atom. The molecule has 0 amide bonds. The van der Waals surface area contributed by atoms with Crippen molar-refractivity contribution < 1.29 is 0 Å². The summed E-state index contributed by atoms with van der Waals surface area (Å²) in [7, 11) is 0. The van der Waals surface area contributed by atoms with Gasteiger partial charge in [-0.1, -0.05) is 226 Å². The van der Waals surface area contributed by atoms with Crippen molar-refractivity contribution in [2.24, 2.45) is 0 Å². The molecular formula is C58H44. The molecule has 0 aromatic heterocycles. The lowest BCUT2D eigenvalue weighted by Gasteiger charge is -2.39. The summed E-state index contributed by atoms with van der Waals surface area (Å²) in [6.45, 7) is 0. The molecule has 11 rings (SSSR count). The molecule has 0 spiro atoms. The number of hydrogen-bond acceptors (Lipinski definition) is 0. The second-order valence-corrected chi connectivity index (χ2v) is 16.2. The smallest absolute Gasteiger partial charge is 0.0202 e. The molecule has 10 aromatic rings. The third-order valence-corrected chi connectivity index (χ3v) is 13.1. The van der Waals surface area contributed by atoms with Crippen LogP contribution in [0.1, 0.15) is 43.2 Å². The molecule has 0 saturated heterocycles. The molecule has 0 nitrogen and oxygen atoms in total. The summed E-state index contributed by atoms with van der Waals surface area (Å²) >= 11 is 0. The molecule has 58 heavy (non-hydrogen) atoms. The van der Waals surface area contributed by atoms with E-state index in [0.717, 1.165) is 0 Å². The van der Waals surface area contributed by atoms with Gasteiger partial charge in [0.25, 0.3) is 0 Å². The van der Waals surface area contributed by atoms with Crippen molar-refractivity contribution in [3.63, 3.8) is 0 Å². The van der Waals surface area contributed by atoms with Crippen molar-refractivity contribution in [2.45, 2.75) is 37.5 Å². The predicted molar refractivity (Wildman–Crippen MR) is 249 cm³/mol. The SMILES string of the molecule is c1ccc(-c2c3ccccc3c(-c3ccc(C4(c5ccc(-c6c7ccccc7c(-c7ccccc7)c7ccccc67)cc5)CCCCC4)cc3)c3ccccc23)cc1. The van der Waals surface area contributed by atoms with Crippen LogP contribution >= 0.6 is 0 Å². The highest BCUT2D eigenvalue weighted by atomic mass is 14.4. The molecule has 1 aliphatic carbocycles. The maximum absolute atomic E-state index is 2.45. The Morgan fingerprint density at radius 1 is 0.224 bits per heavy atom. The average molecular weight is 741 g/mol. The Morgan fingerprint density at radius 2 is 0.466 bits per heavy atom. The maximum Gasteiger partial charge on any atom is 0.0202 e. The summed E-state index contributed by atoms with van der Waals surface area (Å²) in [5, 5.41) is 10.4. The van der Waals surface area contributed by atoms with Crippen molar-refractivity contribution in [1.82, 2.24) is 0 Å². The lowest BCUT2D eigenvalue weighted by Crippen LogP contribution is -2.30. The van der Waals surface area contributed by atoms with Gasteiger partial charge in [-0.25, -0.2) is 0 Å². The number of rotatable bonds is 6. The van der Waals surface area contributed by atoms with Gasteiger partial charge in [0.1, 0.15) is 0 Å². The minimum absolute atomic E-state index is 0.0160. The Labute approximate surface area is 341 Å². The van der Waals surface area contributed by atoms with Gasteiger partial charge in [0.2, 0.25) is 0 Å². The number of fused-ring (bicyclic) bond motifs is 4. The summed E-state index contributed by atoms with van der Waals surface area (Å²) < 4.78 is 0. The van der Waals surface area contributed by atoms with E-state index < -0.39 is 0 Å². The standard InChI is InChI=1S/C58H44/c1-4-18-40(19-5-1)54-46-22-8-12-26-50(46)56(51-27-13-9-23-47(51)54)42-30-34-44(35-31-42)58(38-16-3-17-39-58)45-36-32-43(33-37-45)57-52-28-14-10-24-48(52)55(41-20-6-2-7-21-41)49-25-11-15-29-53(49)57/h1-2,4-15,18-37H,3,16-17,38-39H2. The topological polar surface area (TPSA) is 0 Å². The molecule has 0 unspecified atom stereocenters. The van der Waals surface area contributed by atoms with Crippen LogP contribution < -0.4 is 0 Å². The van der Waals surface area contributed by atoms with E-state index in [1.54, 1.807) is 0 Å². The summed E-state index contributed by atoms with van der Waals surface area (Å²) in [5.74, 6) is 0. The van der Waals surface area contributed by atoms with Gasteiger partial charge >= 0.3 is 0 Å². The fourth-order valence-electron chi connectivity index (χ4n) is 10.5. The first-order chi connectivity index (χ1) is 28.8. The van der Waals surface area contributed by atoms with E-state index in [9.17, 15) is 0 Å². The Balaban J connectivity index is 1.03. The molecule has 0 N–H and O–H groups in total. The zero-order valence-electron chi connectivity index (χ0n) is 32.7. The van der Waals surface area contributed by atoms with Crippen molar-refractivity contribution in [3.05, 3.63) is 217 Å². The zero-order valence-corrected chi connectivity index (χ0v) is 32.7. The third-order valence-electron chi connectivity index (χ3n) is 13.1. The van der Waals surface area contributed by atoms with Crippen LogP contribution in [0.15, 0.2) is 206 Å². The fraction of sp³-hybridized carbons (Fsp3) is 0.103. The van der Waals surface area contributed by atoms with E-state index in [1.807, 2.05) is 0 Å². The molecule has 1 aliphatic rings. The monoisotopic (exact) mass is 740 g/mol. The number of benzene rings is 10. The molecule has 10 aromatic carbocycles. The first kappa shape index (κ1) is 34.5. The van der Waals surface area contributed by atoms with Gasteiger partial charge in [0.15, 0.2) is 0 Å². The highest BCUT2D eigenvalue weighted by Crippen LogP contribution is 2.49. The molecule has 0 heterocycles. The zero-order chi connectivity index (χ0) is 38.5. The lowest BCUT2D eigenvalue weighted by atomic mass is 9.65. The maximum atomic E-state index is 2.45. The van der Waals surface area contributed by atoms with Crippen LogP contribution in [-0.2, 0) is 5.41 Å². The minimum atomic E-state index is -0.0160. The van der Waals surface area contributed by atoms with Gasteiger partial charge in [0, 0.05) is 5.41 Å². The summed E-state index contributed by atoms with van der Waals surface area (Å²) in [5.41, 5.74) is 13.2. The highest BCUT2D eigenvalue weighted by molar-refractivity contribution is 6.22. The first-order valence-electron chi connectivity index (χ1n) is 21.0. The third kappa shape index (κ3) is 5.58. The quantitative estimate of drug-likeness (QED) is 0.149. The van der Waals surface area contributed by atoms with Gasteiger partial charge in [-0.05, 0) is 112 Å². The highest BCUT2D eigenvalue weighted by Gasteiger charge is 2.36. The Hall–Kier alpha value is -6.76. The first-order valence-corrected chi connectivity index (χ1v) is 21.0. The lowest BCUT2D eigenvalue weighted by molar-refractivity contribution is 0.346. The molecule has 276 valence electrons. The Kier molecular flexibility index (Phi) is 8.51. The van der Waals surface area contributed by atoms with Crippen molar-refractivity contribution >= 4 is 43.1 Å². The molecular weight excluding hydrogens is 697 g/mol. The van der Waals surface area contributed by atoms with Crippen LogP contribution in [0.3, 0.4) is 0 Å². The van der Waals surface area contributed by atoms with Crippen molar-refractivity contribution in [1.29, 1.82) is 0 Å². The van der Waals surface area contributed by atoms with Crippen LogP contribution in [0.5, 0.6) is 0 Å². The molecule has 0 bridgehead atoms. The molecule has 1 fully saturated rings. The van der Waals surface area contributed by atoms with Crippen LogP contribution in [0.25, 0.3) is 87.6 Å². The summed E-state index contributed by atoms with van der Waals surface area (Å²) in [6, 6.07) is 77.1. The second-order valence-electron chi connectivity index (χ2n) is 16.2. The molecule has 0 radical (unpaired) electrons. The molecule has 0 aliphatic heterocycles. The summed E-state index contributed by atoms with van der Waals surface area (Å²) in [6.07, 6.45) is 6.13. The van der Waals surface area contributed by atoms with Crippen LogP contribution in [-0.4, -0.2) is 0 Å². The second kappa shape index (κ2) is 14.3. The minimum Gasteiger partial charge on any atom is -0.0622 e. The number of hydrogen-bond donors (Lipinski definition) is 0. The largest absolute Gasteiger partial charge is 0.0622 e. The molecule has 1 saturated carbocycles. The Bertz CT molecular complexity index is 2770. The fourth-order valence-corrected chi connectivity index (χ4v) is 10.5. The van der Waals surface area contributed by atoms with E-state index >= 15 is 0 Å². The van der Waals surface area contributed by atoms with Crippen molar-refractivity contribution in [2.75, 3.05) is 0 Å². The van der Waals surface area contributed by atoms with Gasteiger partial charge in [-0.15, -0.1) is 0 Å². The summed E-state index contributed by atoms with van der Waals surface area (Å²) in [4.78, 5) is 0. The van der Waals surface area contributed by atoms with E-state index in [2.05, 4.69) is 206 Å². The van der Waals surface area contributed by atoms with E-state index in [-0.39, 0.29) is 5.41 Å². The van der Waals surface area contributed by atoms with E-state index in [1.165, 1.54) is 131 Å². The molecule has 0 atom stereocenters. The van der Waals surface area contributed by atoms with Gasteiger partial charge in [-0.3, -0.25) is 0 Å². The van der Waals surface area contributed by atoms with Crippen molar-refractivity contribution in [3.8, 4) is 44.5 Å². The molecule has 0 heteroatoms. The van der Waals surface area contributed by atoms with Gasteiger partial charge < -0.3 is 0 Å². The predicted octanol–water partition coefficient (Wildman–Crippen LogP) is 16.2. The normalized spacial score (nSPS) is 14.0. The van der Waals surface area contributed by atoms with Gasteiger partial charge in [0.05, 0.1) is 0 Å². The van der Waals surface area contributed by atoms with Crippen LogP contribution in [0, 0.1) is 0 Å². The van der Waals surface area contributed by atoms with Gasteiger partial charge in [-0.2, -0.15) is 0 Å². The van der Waals surface area contributed by atoms with Crippen LogP contribution in [0.2, 0.25) is 0 Å². The van der Waals surface area contributed by atoms with E-state index in [0.29, 0.717) is 0 Å². The average Bonchev–Trinajstić information content (AvgIpc) is 3.31.